The van der Waals surface area contributed by atoms with Gasteiger partial charge in [-0.2, -0.15) is 5.10 Å². The second-order valence-corrected chi connectivity index (χ2v) is 6.69. The molecule has 2 heterocycles. The highest BCUT2D eigenvalue weighted by Crippen LogP contribution is 2.37. The lowest BCUT2D eigenvalue weighted by Gasteiger charge is -2.16. The Balaban J connectivity index is 1.68. The summed E-state index contributed by atoms with van der Waals surface area (Å²) < 4.78 is 6.98. The molecular formula is C21H19N3O4. The van der Waals surface area contributed by atoms with E-state index in [1.54, 1.807) is 48.3 Å². The molecule has 1 atom stereocenters. The van der Waals surface area contributed by atoms with Crippen LogP contribution < -0.4 is 9.64 Å². The summed E-state index contributed by atoms with van der Waals surface area (Å²) in [6.07, 6.45) is 1.70. The quantitative estimate of drug-likeness (QED) is 0.755. The van der Waals surface area contributed by atoms with Gasteiger partial charge in [-0.3, -0.25) is 9.59 Å². The van der Waals surface area contributed by atoms with Crippen LogP contribution in [0.4, 0.5) is 5.69 Å². The van der Waals surface area contributed by atoms with Crippen LogP contribution in [-0.4, -0.2) is 40.4 Å². The van der Waals surface area contributed by atoms with Crippen molar-refractivity contribution in [1.29, 1.82) is 0 Å². The van der Waals surface area contributed by atoms with Crippen LogP contribution in [0.3, 0.4) is 0 Å². The number of carboxylic acid groups (broad SMARTS) is 1. The van der Waals surface area contributed by atoms with Crippen molar-refractivity contribution in [3.8, 4) is 11.4 Å². The molecule has 1 aliphatic heterocycles. The third-order valence-corrected chi connectivity index (χ3v) is 4.90. The first-order chi connectivity index (χ1) is 13.5. The van der Waals surface area contributed by atoms with Gasteiger partial charge >= 0.3 is 5.97 Å². The molecule has 0 fully saturated rings. The predicted octanol–water partition coefficient (Wildman–Crippen LogP) is 3.02. The molecule has 4 rings (SSSR count). The zero-order valence-corrected chi connectivity index (χ0v) is 15.5. The SMILES string of the molecule is COc1ccc(C)cc1-n1ccc(C(=O)N2CC(C(=O)O)c3ccccc32)n1. The number of carboxylic acids is 1. The highest BCUT2D eigenvalue weighted by molar-refractivity contribution is 6.07. The smallest absolute Gasteiger partial charge is 0.312 e. The standard InChI is InChI=1S/C21H19N3O4/c1-13-7-8-19(28-2)18(11-13)24-10-9-16(22-24)20(25)23-12-15(21(26)27)14-5-3-4-6-17(14)23/h3-11,15H,12H2,1-2H3,(H,26,27). The van der Waals surface area contributed by atoms with Crippen LogP contribution in [0.5, 0.6) is 5.75 Å². The van der Waals surface area contributed by atoms with E-state index < -0.39 is 11.9 Å². The number of nitrogens with zero attached hydrogens (tertiary/aromatic N) is 3. The van der Waals surface area contributed by atoms with Crippen LogP contribution in [0.25, 0.3) is 5.69 Å². The summed E-state index contributed by atoms with van der Waals surface area (Å²) in [6.45, 7) is 2.06. The van der Waals surface area contributed by atoms with Crippen LogP contribution in [0.15, 0.2) is 54.7 Å². The highest BCUT2D eigenvalue weighted by atomic mass is 16.5. The first-order valence-electron chi connectivity index (χ1n) is 8.84. The highest BCUT2D eigenvalue weighted by Gasteiger charge is 2.37. The number of aromatic nitrogens is 2. The number of carbonyl (C=O) groups is 2. The van der Waals surface area contributed by atoms with Gasteiger partial charge in [-0.15, -0.1) is 0 Å². The molecule has 142 valence electrons. The number of benzene rings is 2. The van der Waals surface area contributed by atoms with Gasteiger partial charge in [0, 0.05) is 18.4 Å². The van der Waals surface area contributed by atoms with Crippen molar-refractivity contribution >= 4 is 17.6 Å². The number of para-hydroxylation sites is 1. The maximum atomic E-state index is 13.1. The molecule has 3 aromatic rings. The van der Waals surface area contributed by atoms with Crippen molar-refractivity contribution in [2.45, 2.75) is 12.8 Å². The minimum absolute atomic E-state index is 0.0914. The van der Waals surface area contributed by atoms with E-state index in [0.717, 1.165) is 11.3 Å². The third-order valence-electron chi connectivity index (χ3n) is 4.90. The van der Waals surface area contributed by atoms with Gasteiger partial charge in [-0.05, 0) is 42.3 Å². The van der Waals surface area contributed by atoms with Crippen LogP contribution in [0.1, 0.15) is 27.5 Å². The minimum Gasteiger partial charge on any atom is -0.494 e. The molecule has 1 aliphatic rings. The predicted molar refractivity (Wildman–Crippen MR) is 103 cm³/mol. The van der Waals surface area contributed by atoms with Gasteiger partial charge in [0.15, 0.2) is 5.69 Å². The Morgan fingerprint density at radius 1 is 1.14 bits per heavy atom. The van der Waals surface area contributed by atoms with Crippen molar-refractivity contribution in [1.82, 2.24) is 9.78 Å². The summed E-state index contributed by atoms with van der Waals surface area (Å²) in [5, 5.41) is 13.9. The van der Waals surface area contributed by atoms with E-state index in [1.807, 2.05) is 25.1 Å². The zero-order valence-electron chi connectivity index (χ0n) is 15.5. The van der Waals surface area contributed by atoms with Gasteiger partial charge < -0.3 is 14.7 Å². The molecule has 1 N–H and O–H groups in total. The number of anilines is 1. The Labute approximate surface area is 161 Å². The summed E-state index contributed by atoms with van der Waals surface area (Å²) in [5.41, 5.74) is 3.26. The number of aliphatic carboxylic acids is 1. The van der Waals surface area contributed by atoms with Crippen LogP contribution in [-0.2, 0) is 4.79 Å². The van der Waals surface area contributed by atoms with E-state index in [9.17, 15) is 14.7 Å². The molecular weight excluding hydrogens is 358 g/mol. The molecule has 1 amide bonds. The number of rotatable bonds is 4. The van der Waals surface area contributed by atoms with Crippen molar-refractivity contribution < 1.29 is 19.4 Å². The largest absolute Gasteiger partial charge is 0.494 e. The number of hydrogen-bond acceptors (Lipinski definition) is 4. The molecule has 7 heteroatoms. The molecule has 1 aromatic heterocycles. The Bertz CT molecular complexity index is 1070. The Kier molecular flexibility index (Phi) is 4.35. The molecule has 0 spiro atoms. The van der Waals surface area contributed by atoms with Crippen molar-refractivity contribution in [3.63, 3.8) is 0 Å². The lowest BCUT2D eigenvalue weighted by molar-refractivity contribution is -0.138. The fourth-order valence-electron chi connectivity index (χ4n) is 3.50. The van der Waals surface area contributed by atoms with E-state index in [0.29, 0.717) is 17.0 Å². The molecule has 28 heavy (non-hydrogen) atoms. The second-order valence-electron chi connectivity index (χ2n) is 6.69. The Morgan fingerprint density at radius 3 is 2.68 bits per heavy atom. The molecule has 0 bridgehead atoms. The van der Waals surface area contributed by atoms with Crippen molar-refractivity contribution in [3.05, 3.63) is 71.5 Å². The maximum Gasteiger partial charge on any atom is 0.312 e. The monoisotopic (exact) mass is 377 g/mol. The molecule has 0 radical (unpaired) electrons. The third kappa shape index (κ3) is 2.90. The molecule has 0 saturated carbocycles. The summed E-state index contributed by atoms with van der Waals surface area (Å²) in [6, 6.07) is 14.4. The van der Waals surface area contributed by atoms with E-state index in [1.165, 1.54) is 4.90 Å². The first-order valence-corrected chi connectivity index (χ1v) is 8.84. The van der Waals surface area contributed by atoms with Gasteiger partial charge in [0.05, 0.1) is 7.11 Å². The summed E-state index contributed by atoms with van der Waals surface area (Å²) in [7, 11) is 1.58. The number of methoxy groups -OCH3 is 1. The van der Waals surface area contributed by atoms with Crippen LogP contribution in [0, 0.1) is 6.92 Å². The van der Waals surface area contributed by atoms with E-state index >= 15 is 0 Å². The Hall–Kier alpha value is -3.61. The maximum absolute atomic E-state index is 13.1. The summed E-state index contributed by atoms with van der Waals surface area (Å²) >= 11 is 0. The number of ether oxygens (including phenoxy) is 1. The number of hydrogen-bond donors (Lipinski definition) is 1. The topological polar surface area (TPSA) is 84.7 Å². The van der Waals surface area contributed by atoms with E-state index in [-0.39, 0.29) is 18.1 Å². The van der Waals surface area contributed by atoms with Crippen LogP contribution in [0.2, 0.25) is 0 Å². The second kappa shape index (κ2) is 6.84. The number of carbonyl (C=O) groups excluding carboxylic acids is 1. The Morgan fingerprint density at radius 2 is 1.93 bits per heavy atom. The zero-order chi connectivity index (χ0) is 19.8. The fourth-order valence-corrected chi connectivity index (χ4v) is 3.50. The van der Waals surface area contributed by atoms with Crippen molar-refractivity contribution in [2.75, 3.05) is 18.6 Å². The van der Waals surface area contributed by atoms with Crippen LogP contribution >= 0.6 is 0 Å². The lowest BCUT2D eigenvalue weighted by Crippen LogP contribution is -2.31. The minimum atomic E-state index is -0.947. The van der Waals surface area contributed by atoms with Crippen molar-refractivity contribution in [2.24, 2.45) is 0 Å². The number of amides is 1. The van der Waals surface area contributed by atoms with Gasteiger partial charge in [0.2, 0.25) is 0 Å². The average molecular weight is 377 g/mol. The van der Waals surface area contributed by atoms with E-state index in [2.05, 4.69) is 5.10 Å². The summed E-state index contributed by atoms with van der Waals surface area (Å²) in [5.74, 6) is -1.37. The van der Waals surface area contributed by atoms with Gasteiger partial charge in [0.25, 0.3) is 5.91 Å². The summed E-state index contributed by atoms with van der Waals surface area (Å²) in [4.78, 5) is 26.1. The normalized spacial score (nSPS) is 15.4. The van der Waals surface area contributed by atoms with E-state index in [4.69, 9.17) is 4.74 Å². The van der Waals surface area contributed by atoms with Gasteiger partial charge in [-0.1, -0.05) is 24.3 Å². The number of aryl methyl sites for hydroxylation is 1. The molecule has 2 aromatic carbocycles. The number of fused-ring (bicyclic) bond motifs is 1. The lowest BCUT2D eigenvalue weighted by atomic mass is 10.0. The molecule has 0 aliphatic carbocycles. The van der Waals surface area contributed by atoms with Gasteiger partial charge in [0.1, 0.15) is 17.4 Å². The average Bonchev–Trinajstić information content (AvgIpc) is 3.33. The van der Waals surface area contributed by atoms with Gasteiger partial charge in [-0.25, -0.2) is 4.68 Å². The molecule has 1 unspecified atom stereocenters. The molecule has 0 saturated heterocycles. The first kappa shape index (κ1) is 17.8. The fraction of sp³-hybridized carbons (Fsp3) is 0.190. The molecule has 7 nitrogen and oxygen atoms in total.